The molecule has 4 amide bonds. The predicted octanol–water partition coefficient (Wildman–Crippen LogP) is 7.48. The Bertz CT molecular complexity index is 2050. The van der Waals surface area contributed by atoms with Crippen molar-refractivity contribution in [3.05, 3.63) is 124 Å². The Balaban J connectivity index is 1.52. The molecule has 4 aromatic carbocycles. The first-order valence-corrected chi connectivity index (χ1v) is 16.1. The van der Waals surface area contributed by atoms with Crippen molar-refractivity contribution in [2.24, 2.45) is 7.05 Å². The van der Waals surface area contributed by atoms with Crippen molar-refractivity contribution in [3.8, 4) is 11.3 Å². The number of anilines is 1. The van der Waals surface area contributed by atoms with Crippen molar-refractivity contribution in [2.75, 3.05) is 11.9 Å². The molecule has 1 aliphatic rings. The van der Waals surface area contributed by atoms with Gasteiger partial charge in [-0.25, -0.2) is 9.69 Å². The van der Waals surface area contributed by atoms with Crippen LogP contribution in [0.5, 0.6) is 0 Å². The number of hydrogen-bond acceptors (Lipinski definition) is 5. The molecule has 1 saturated heterocycles. The second-order valence-corrected chi connectivity index (χ2v) is 12.2. The Labute approximate surface area is 287 Å². The molecule has 48 heavy (non-hydrogen) atoms. The van der Waals surface area contributed by atoms with Gasteiger partial charge in [0, 0.05) is 29.6 Å². The van der Waals surface area contributed by atoms with Gasteiger partial charge in [-0.2, -0.15) is 0 Å². The molecule has 0 saturated carbocycles. The zero-order chi connectivity index (χ0) is 34.1. The second kappa shape index (κ2) is 13.6. The number of rotatable bonds is 10. The van der Waals surface area contributed by atoms with E-state index in [-0.39, 0.29) is 29.4 Å². The third-order valence-electron chi connectivity index (χ3n) is 8.37. The van der Waals surface area contributed by atoms with Gasteiger partial charge in [0.05, 0.1) is 28.5 Å². The minimum atomic E-state index is -1.92. The van der Waals surface area contributed by atoms with Crippen LogP contribution in [0.25, 0.3) is 22.2 Å². The predicted molar refractivity (Wildman–Crippen MR) is 186 cm³/mol. The Hall–Kier alpha value is -4.96. The number of ketones is 1. The lowest BCUT2D eigenvalue weighted by Gasteiger charge is -2.25. The maximum Gasteiger partial charge on any atom is 0.330 e. The SMILES string of the molecule is CCOC1C(=O)N(C(C(=O)Nc2cc(C)c(Cl)cc2Cl)C(=O)c2c(-c3ccccc3)n(C)c3ccccc23)C(=O)N1Cc1ccccc1. The van der Waals surface area contributed by atoms with Crippen molar-refractivity contribution in [1.29, 1.82) is 0 Å². The van der Waals surface area contributed by atoms with Crippen LogP contribution in [0, 0.1) is 6.92 Å². The van der Waals surface area contributed by atoms with Crippen LogP contribution in [-0.4, -0.2) is 56.9 Å². The summed E-state index contributed by atoms with van der Waals surface area (Å²) in [5.74, 6) is -2.50. The van der Waals surface area contributed by atoms with Gasteiger partial charge in [-0.05, 0) is 48.7 Å². The highest BCUT2D eigenvalue weighted by Crippen LogP contribution is 2.36. The molecule has 2 unspecified atom stereocenters. The minimum absolute atomic E-state index is 0.0147. The van der Waals surface area contributed by atoms with E-state index in [2.05, 4.69) is 5.32 Å². The zero-order valence-corrected chi connectivity index (χ0v) is 28.0. The highest BCUT2D eigenvalue weighted by Gasteiger charge is 2.53. The number of halogens is 2. The van der Waals surface area contributed by atoms with E-state index < -0.39 is 35.9 Å². The molecule has 5 aromatic rings. The number of carbonyl (C=O) groups is 4. The Morgan fingerprint density at radius 1 is 0.896 bits per heavy atom. The van der Waals surface area contributed by atoms with E-state index in [1.54, 1.807) is 32.0 Å². The van der Waals surface area contributed by atoms with Crippen molar-refractivity contribution in [3.63, 3.8) is 0 Å². The number of aromatic nitrogens is 1. The fraction of sp³-hybridized carbons (Fsp3) is 0.189. The topological polar surface area (TPSA) is 101 Å². The molecule has 1 aliphatic heterocycles. The molecule has 11 heteroatoms. The maximum absolute atomic E-state index is 15.1. The van der Waals surface area contributed by atoms with E-state index in [1.807, 2.05) is 84.4 Å². The van der Waals surface area contributed by atoms with E-state index >= 15 is 4.79 Å². The molecule has 1 N–H and O–H groups in total. The standard InChI is InChI=1S/C37H32Cl2N4O5/c1-4-48-36-35(46)43(37(47)42(36)21-23-13-7-5-8-14-23)32(34(45)40-28-19-22(2)26(38)20-27(28)39)33(44)30-25-17-11-12-18-29(25)41(3)31(30)24-15-9-6-10-16-24/h5-20,32,36H,4,21H2,1-3H3,(H,40,45). The molecule has 6 rings (SSSR count). The molecule has 2 atom stereocenters. The van der Waals surface area contributed by atoms with E-state index in [4.69, 9.17) is 27.9 Å². The zero-order valence-electron chi connectivity index (χ0n) is 26.4. The van der Waals surface area contributed by atoms with E-state index in [9.17, 15) is 14.4 Å². The average molecular weight is 684 g/mol. The molecule has 244 valence electrons. The fourth-order valence-corrected chi connectivity index (χ4v) is 6.52. The number of benzene rings is 4. The van der Waals surface area contributed by atoms with Crippen LogP contribution in [0.1, 0.15) is 28.4 Å². The number of carbonyl (C=O) groups excluding carboxylic acids is 4. The Morgan fingerprint density at radius 2 is 1.54 bits per heavy atom. The van der Waals surface area contributed by atoms with Crippen LogP contribution >= 0.6 is 23.2 Å². The summed E-state index contributed by atoms with van der Waals surface area (Å²) in [6.45, 7) is 3.56. The number of urea groups is 1. The van der Waals surface area contributed by atoms with Crippen molar-refractivity contribution in [1.82, 2.24) is 14.4 Å². The maximum atomic E-state index is 15.1. The molecular weight excluding hydrogens is 651 g/mol. The molecule has 0 spiro atoms. The van der Waals surface area contributed by atoms with Gasteiger partial charge in [-0.3, -0.25) is 19.3 Å². The van der Waals surface area contributed by atoms with Gasteiger partial charge in [0.15, 0.2) is 11.8 Å². The largest absolute Gasteiger partial charge is 0.350 e. The Kier molecular flexibility index (Phi) is 9.37. The summed E-state index contributed by atoms with van der Waals surface area (Å²) >= 11 is 12.7. The van der Waals surface area contributed by atoms with Gasteiger partial charge in [0.25, 0.3) is 11.8 Å². The van der Waals surface area contributed by atoms with Gasteiger partial charge in [-0.15, -0.1) is 0 Å². The summed E-state index contributed by atoms with van der Waals surface area (Å²) in [5, 5.41) is 3.78. The molecule has 0 radical (unpaired) electrons. The van der Waals surface area contributed by atoms with E-state index in [0.717, 1.165) is 11.1 Å². The van der Waals surface area contributed by atoms with Gasteiger partial charge in [-0.1, -0.05) is 102 Å². The molecular formula is C37H32Cl2N4O5. The van der Waals surface area contributed by atoms with Gasteiger partial charge in [0.1, 0.15) is 0 Å². The number of amides is 4. The molecule has 9 nitrogen and oxygen atoms in total. The number of fused-ring (bicyclic) bond motifs is 1. The fourth-order valence-electron chi connectivity index (χ4n) is 6.09. The van der Waals surface area contributed by atoms with Crippen molar-refractivity contribution in [2.45, 2.75) is 32.7 Å². The lowest BCUT2D eigenvalue weighted by molar-refractivity contribution is -0.144. The van der Waals surface area contributed by atoms with Crippen LogP contribution in [-0.2, 0) is 27.9 Å². The smallest absolute Gasteiger partial charge is 0.330 e. The van der Waals surface area contributed by atoms with Crippen LogP contribution in [0.2, 0.25) is 10.0 Å². The summed E-state index contributed by atoms with van der Waals surface area (Å²) in [6, 6.07) is 25.9. The summed E-state index contributed by atoms with van der Waals surface area (Å²) in [7, 11) is 1.83. The Morgan fingerprint density at radius 3 is 2.23 bits per heavy atom. The lowest BCUT2D eigenvalue weighted by Crippen LogP contribution is -2.52. The first-order chi connectivity index (χ1) is 23.1. The number of ether oxygens (including phenoxy) is 1. The normalized spacial score (nSPS) is 15.3. The summed E-state index contributed by atoms with van der Waals surface area (Å²) in [4.78, 5) is 60.0. The van der Waals surface area contributed by atoms with Gasteiger partial charge >= 0.3 is 6.03 Å². The first kappa shape index (κ1) is 33.0. The number of Topliss-reactive ketones (excluding diaryl/α,β-unsaturated/α-hetero) is 1. The summed E-state index contributed by atoms with van der Waals surface area (Å²) < 4.78 is 7.65. The van der Waals surface area contributed by atoms with Gasteiger partial charge in [0.2, 0.25) is 6.23 Å². The number of aryl methyl sites for hydroxylation is 2. The number of nitrogens with one attached hydrogen (secondary N) is 1. The molecule has 0 bridgehead atoms. The van der Waals surface area contributed by atoms with Crippen LogP contribution in [0.15, 0.2) is 97.1 Å². The van der Waals surface area contributed by atoms with Crippen LogP contribution < -0.4 is 5.32 Å². The van der Waals surface area contributed by atoms with Crippen molar-refractivity contribution >= 4 is 63.4 Å². The molecule has 0 aliphatic carbocycles. The number of imide groups is 1. The number of nitrogens with zero attached hydrogens (tertiary/aromatic N) is 3. The van der Waals surface area contributed by atoms with E-state index in [0.29, 0.717) is 32.1 Å². The number of hydrogen-bond donors (Lipinski definition) is 1. The highest BCUT2D eigenvalue weighted by atomic mass is 35.5. The number of para-hydroxylation sites is 1. The molecule has 2 heterocycles. The quantitative estimate of drug-likeness (QED) is 0.0935. The third kappa shape index (κ3) is 5.96. The highest BCUT2D eigenvalue weighted by molar-refractivity contribution is 6.37. The third-order valence-corrected chi connectivity index (χ3v) is 9.09. The van der Waals surface area contributed by atoms with Crippen molar-refractivity contribution < 1.29 is 23.9 Å². The van der Waals surface area contributed by atoms with Crippen LogP contribution in [0.4, 0.5) is 10.5 Å². The average Bonchev–Trinajstić information content (AvgIpc) is 3.50. The molecule has 1 fully saturated rings. The van der Waals surface area contributed by atoms with Gasteiger partial charge < -0.3 is 14.6 Å². The van der Waals surface area contributed by atoms with E-state index in [1.165, 1.54) is 11.0 Å². The van der Waals surface area contributed by atoms with Crippen LogP contribution in [0.3, 0.4) is 0 Å². The second-order valence-electron chi connectivity index (χ2n) is 11.4. The molecule has 1 aromatic heterocycles. The minimum Gasteiger partial charge on any atom is -0.350 e. The summed E-state index contributed by atoms with van der Waals surface area (Å²) in [5.41, 5.74) is 3.69. The monoisotopic (exact) mass is 682 g/mol. The first-order valence-electron chi connectivity index (χ1n) is 15.3. The lowest BCUT2D eigenvalue weighted by atomic mass is 9.96. The summed E-state index contributed by atoms with van der Waals surface area (Å²) in [6.07, 6.45) is -1.35.